The summed E-state index contributed by atoms with van der Waals surface area (Å²) in [6.45, 7) is 5.64. The van der Waals surface area contributed by atoms with Crippen molar-refractivity contribution in [2.75, 3.05) is 0 Å². The summed E-state index contributed by atoms with van der Waals surface area (Å²) in [6, 6.07) is 0. The molecule has 2 nitrogen and oxygen atoms in total. The first-order valence-corrected chi connectivity index (χ1v) is 5.61. The molecular weight excluding hydrogens is 176 g/mol. The Morgan fingerprint density at radius 1 is 1.29 bits per heavy atom. The zero-order valence-electron chi connectivity index (χ0n) is 9.08. The minimum Gasteiger partial charge on any atom is -0.390 e. The Kier molecular flexibility index (Phi) is 4.63. The summed E-state index contributed by atoms with van der Waals surface area (Å²) in [5.74, 6) is 0.304. The highest BCUT2D eigenvalue weighted by atomic mass is 16.3. The van der Waals surface area contributed by atoms with Gasteiger partial charge in [0.2, 0.25) is 0 Å². The van der Waals surface area contributed by atoms with Crippen LogP contribution in [0.1, 0.15) is 45.4 Å². The fraction of sp³-hybridized carbons (Fsp3) is 0.833. The van der Waals surface area contributed by atoms with Crippen LogP contribution < -0.4 is 0 Å². The van der Waals surface area contributed by atoms with Crippen molar-refractivity contribution in [3.63, 3.8) is 0 Å². The molecule has 0 saturated heterocycles. The molecule has 0 aromatic rings. The van der Waals surface area contributed by atoms with E-state index in [-0.39, 0.29) is 0 Å². The fourth-order valence-electron chi connectivity index (χ4n) is 2.27. The molecule has 2 heteroatoms. The van der Waals surface area contributed by atoms with Crippen molar-refractivity contribution in [2.24, 2.45) is 5.92 Å². The smallest absolute Gasteiger partial charge is 0.0838 e. The SMILES string of the molecule is C=C(C)CC(O)C(O)C1CCCCC1. The highest BCUT2D eigenvalue weighted by molar-refractivity contribution is 4.93. The van der Waals surface area contributed by atoms with E-state index in [2.05, 4.69) is 6.58 Å². The van der Waals surface area contributed by atoms with E-state index >= 15 is 0 Å². The summed E-state index contributed by atoms with van der Waals surface area (Å²) in [5.41, 5.74) is 0.937. The highest BCUT2D eigenvalue weighted by Gasteiger charge is 2.27. The lowest BCUT2D eigenvalue weighted by atomic mass is 9.82. The summed E-state index contributed by atoms with van der Waals surface area (Å²) < 4.78 is 0. The molecule has 1 rings (SSSR count). The first-order valence-electron chi connectivity index (χ1n) is 5.61. The lowest BCUT2D eigenvalue weighted by Crippen LogP contribution is -2.34. The molecule has 0 aliphatic heterocycles. The van der Waals surface area contributed by atoms with Gasteiger partial charge in [0, 0.05) is 0 Å². The van der Waals surface area contributed by atoms with Crippen molar-refractivity contribution in [1.82, 2.24) is 0 Å². The molecule has 2 atom stereocenters. The summed E-state index contributed by atoms with van der Waals surface area (Å²) in [4.78, 5) is 0. The minimum atomic E-state index is -0.615. The van der Waals surface area contributed by atoms with Crippen molar-refractivity contribution in [3.05, 3.63) is 12.2 Å². The van der Waals surface area contributed by atoms with Gasteiger partial charge in [-0.15, -0.1) is 6.58 Å². The molecule has 0 bridgehead atoms. The zero-order valence-corrected chi connectivity index (χ0v) is 9.08. The number of rotatable bonds is 4. The number of aliphatic hydroxyl groups is 2. The van der Waals surface area contributed by atoms with Gasteiger partial charge in [0.25, 0.3) is 0 Å². The van der Waals surface area contributed by atoms with Crippen LogP contribution in [0.25, 0.3) is 0 Å². The molecule has 14 heavy (non-hydrogen) atoms. The van der Waals surface area contributed by atoms with E-state index in [9.17, 15) is 10.2 Å². The number of hydrogen-bond donors (Lipinski definition) is 2. The van der Waals surface area contributed by atoms with E-state index < -0.39 is 12.2 Å². The Hall–Kier alpha value is -0.340. The van der Waals surface area contributed by atoms with Gasteiger partial charge in [0.15, 0.2) is 0 Å². The second-order valence-electron chi connectivity index (χ2n) is 4.62. The van der Waals surface area contributed by atoms with Crippen LogP contribution in [-0.4, -0.2) is 22.4 Å². The van der Waals surface area contributed by atoms with Crippen LogP contribution in [0.3, 0.4) is 0 Å². The van der Waals surface area contributed by atoms with Crippen molar-refractivity contribution in [2.45, 2.75) is 57.7 Å². The Bertz CT molecular complexity index is 183. The molecule has 2 unspecified atom stereocenters. The van der Waals surface area contributed by atoms with Gasteiger partial charge >= 0.3 is 0 Å². The van der Waals surface area contributed by atoms with Gasteiger partial charge < -0.3 is 10.2 Å². The lowest BCUT2D eigenvalue weighted by Gasteiger charge is -2.29. The second kappa shape index (κ2) is 5.52. The summed E-state index contributed by atoms with van der Waals surface area (Å²) in [6.07, 6.45) is 5.16. The summed E-state index contributed by atoms with van der Waals surface area (Å²) in [5, 5.41) is 19.6. The van der Waals surface area contributed by atoms with Gasteiger partial charge in [-0.05, 0) is 32.1 Å². The standard InChI is InChI=1S/C12H22O2/c1-9(2)8-11(13)12(14)10-6-4-3-5-7-10/h10-14H,1,3-8H2,2H3. The van der Waals surface area contributed by atoms with Crippen LogP contribution in [-0.2, 0) is 0 Å². The van der Waals surface area contributed by atoms with Crippen molar-refractivity contribution < 1.29 is 10.2 Å². The Balaban J connectivity index is 2.37. The molecule has 0 heterocycles. The maximum absolute atomic E-state index is 9.90. The number of aliphatic hydroxyl groups excluding tert-OH is 2. The van der Waals surface area contributed by atoms with Gasteiger partial charge in [-0.25, -0.2) is 0 Å². The van der Waals surface area contributed by atoms with E-state index in [0.29, 0.717) is 12.3 Å². The maximum Gasteiger partial charge on any atom is 0.0838 e. The second-order valence-corrected chi connectivity index (χ2v) is 4.62. The average Bonchev–Trinajstić information content (AvgIpc) is 2.17. The van der Waals surface area contributed by atoms with Crippen molar-refractivity contribution >= 4 is 0 Å². The predicted molar refractivity (Wildman–Crippen MR) is 58.0 cm³/mol. The molecule has 0 radical (unpaired) electrons. The topological polar surface area (TPSA) is 40.5 Å². The highest BCUT2D eigenvalue weighted by Crippen LogP contribution is 2.28. The van der Waals surface area contributed by atoms with Gasteiger partial charge in [-0.3, -0.25) is 0 Å². The van der Waals surface area contributed by atoms with Crippen LogP contribution in [0.4, 0.5) is 0 Å². The molecule has 0 aromatic heterocycles. The molecule has 2 N–H and O–H groups in total. The molecule has 1 fully saturated rings. The molecule has 0 aromatic carbocycles. The molecular formula is C12H22O2. The Morgan fingerprint density at radius 3 is 2.36 bits per heavy atom. The number of hydrogen-bond acceptors (Lipinski definition) is 2. The largest absolute Gasteiger partial charge is 0.390 e. The van der Waals surface area contributed by atoms with Gasteiger partial charge in [-0.2, -0.15) is 0 Å². The predicted octanol–water partition coefficient (Wildman–Crippen LogP) is 2.25. The van der Waals surface area contributed by atoms with Crippen LogP contribution in [0.2, 0.25) is 0 Å². The Labute approximate surface area is 86.6 Å². The van der Waals surface area contributed by atoms with Crippen molar-refractivity contribution in [3.8, 4) is 0 Å². The molecule has 0 amide bonds. The summed E-state index contributed by atoms with van der Waals surface area (Å²) >= 11 is 0. The van der Waals surface area contributed by atoms with Gasteiger partial charge in [0.1, 0.15) is 0 Å². The maximum atomic E-state index is 9.90. The van der Waals surface area contributed by atoms with E-state index in [1.807, 2.05) is 6.92 Å². The lowest BCUT2D eigenvalue weighted by molar-refractivity contribution is -0.0262. The first-order chi connectivity index (χ1) is 6.61. The van der Waals surface area contributed by atoms with E-state index in [4.69, 9.17) is 0 Å². The third-order valence-corrected chi connectivity index (χ3v) is 3.08. The van der Waals surface area contributed by atoms with E-state index in [1.54, 1.807) is 0 Å². The zero-order chi connectivity index (χ0) is 10.6. The Morgan fingerprint density at radius 2 is 1.86 bits per heavy atom. The van der Waals surface area contributed by atoms with Crippen LogP contribution in [0.5, 0.6) is 0 Å². The molecule has 0 spiro atoms. The summed E-state index contributed by atoms with van der Waals surface area (Å²) in [7, 11) is 0. The minimum absolute atomic E-state index is 0.304. The molecule has 1 aliphatic carbocycles. The molecule has 1 saturated carbocycles. The van der Waals surface area contributed by atoms with Crippen LogP contribution in [0.15, 0.2) is 12.2 Å². The van der Waals surface area contributed by atoms with E-state index in [1.165, 1.54) is 19.3 Å². The van der Waals surface area contributed by atoms with E-state index in [0.717, 1.165) is 18.4 Å². The molecule has 1 aliphatic rings. The third-order valence-electron chi connectivity index (χ3n) is 3.08. The van der Waals surface area contributed by atoms with Crippen LogP contribution >= 0.6 is 0 Å². The third kappa shape index (κ3) is 3.43. The molecule has 82 valence electrons. The van der Waals surface area contributed by atoms with Crippen molar-refractivity contribution in [1.29, 1.82) is 0 Å². The van der Waals surface area contributed by atoms with Gasteiger partial charge in [-0.1, -0.05) is 24.8 Å². The fourth-order valence-corrected chi connectivity index (χ4v) is 2.27. The quantitative estimate of drug-likeness (QED) is 0.680. The van der Waals surface area contributed by atoms with Gasteiger partial charge in [0.05, 0.1) is 12.2 Å². The average molecular weight is 198 g/mol. The van der Waals surface area contributed by atoms with Crippen LogP contribution in [0, 0.1) is 5.92 Å². The first kappa shape index (κ1) is 11.7. The monoisotopic (exact) mass is 198 g/mol. The normalized spacial score (nSPS) is 23.1.